The molecule has 0 fully saturated rings. The molecule has 0 saturated carbocycles. The van der Waals surface area contributed by atoms with Crippen molar-refractivity contribution in [2.75, 3.05) is 20.3 Å². The molecule has 0 saturated heterocycles. The molecule has 0 atom stereocenters. The zero-order valence-electron chi connectivity index (χ0n) is 17.5. The van der Waals surface area contributed by atoms with Crippen molar-refractivity contribution in [3.8, 4) is 16.9 Å². The predicted octanol–water partition coefficient (Wildman–Crippen LogP) is 2.64. The molecule has 0 N–H and O–H groups in total. The highest BCUT2D eigenvalue weighted by Crippen LogP contribution is 2.30. The lowest BCUT2D eigenvalue weighted by atomic mass is 10.0. The Morgan fingerprint density at radius 3 is 2.30 bits per heavy atom. The molecular weight excluding hydrogens is 388 g/mol. The molecule has 1 aromatic carbocycles. The average Bonchev–Trinajstić information content (AvgIpc) is 3.13. The van der Waals surface area contributed by atoms with E-state index in [1.54, 1.807) is 21.0 Å². The highest BCUT2D eigenvalue weighted by Gasteiger charge is 2.25. The lowest BCUT2D eigenvalue weighted by Gasteiger charge is -2.09. The Balaban J connectivity index is 2.22. The standard InChI is InChI=1S/C21H24N4O5/c1-5-15-18(13-8-10-14(28-4)11-9-13)20-23-22-19(21(27)30-7-3)16(25(20)24-15)12-17(26)29-6-2/h8-11H,5-7,12H2,1-4H3. The highest BCUT2D eigenvalue weighted by atomic mass is 16.5. The van der Waals surface area contributed by atoms with Crippen LogP contribution < -0.4 is 4.74 Å². The number of hydrogen-bond donors (Lipinski definition) is 0. The van der Waals surface area contributed by atoms with Crippen molar-refractivity contribution in [1.82, 2.24) is 19.8 Å². The molecule has 9 heteroatoms. The number of methoxy groups -OCH3 is 1. The summed E-state index contributed by atoms with van der Waals surface area (Å²) in [5.74, 6) is -0.422. The van der Waals surface area contributed by atoms with Gasteiger partial charge in [0.1, 0.15) is 5.75 Å². The normalized spacial score (nSPS) is 10.8. The van der Waals surface area contributed by atoms with Crippen molar-refractivity contribution < 1.29 is 23.8 Å². The van der Waals surface area contributed by atoms with Gasteiger partial charge in [-0.05, 0) is 38.0 Å². The number of benzene rings is 1. The zero-order valence-corrected chi connectivity index (χ0v) is 17.5. The van der Waals surface area contributed by atoms with Crippen molar-refractivity contribution in [3.05, 3.63) is 41.3 Å². The predicted molar refractivity (Wildman–Crippen MR) is 108 cm³/mol. The van der Waals surface area contributed by atoms with Gasteiger partial charge in [0, 0.05) is 0 Å². The van der Waals surface area contributed by atoms with Crippen molar-refractivity contribution in [1.29, 1.82) is 0 Å². The smallest absolute Gasteiger partial charge is 0.360 e. The van der Waals surface area contributed by atoms with E-state index in [9.17, 15) is 9.59 Å². The number of nitrogens with zero attached hydrogens (tertiary/aromatic N) is 4. The second-order valence-electron chi connectivity index (χ2n) is 6.34. The summed E-state index contributed by atoms with van der Waals surface area (Å²) in [6.07, 6.45) is 0.444. The summed E-state index contributed by atoms with van der Waals surface area (Å²) < 4.78 is 16.9. The molecule has 0 unspecified atom stereocenters. The maximum absolute atomic E-state index is 12.4. The van der Waals surface area contributed by atoms with E-state index in [1.807, 2.05) is 31.2 Å². The lowest BCUT2D eigenvalue weighted by Crippen LogP contribution is -2.20. The van der Waals surface area contributed by atoms with Crippen LogP contribution in [0.2, 0.25) is 0 Å². The minimum Gasteiger partial charge on any atom is -0.497 e. The summed E-state index contributed by atoms with van der Waals surface area (Å²) in [5.41, 5.74) is 3.11. The van der Waals surface area contributed by atoms with Gasteiger partial charge < -0.3 is 14.2 Å². The fourth-order valence-electron chi connectivity index (χ4n) is 3.16. The number of aryl methyl sites for hydroxylation is 1. The quantitative estimate of drug-likeness (QED) is 0.520. The van der Waals surface area contributed by atoms with E-state index in [4.69, 9.17) is 14.2 Å². The molecule has 0 bridgehead atoms. The first-order chi connectivity index (χ1) is 14.5. The second-order valence-corrected chi connectivity index (χ2v) is 6.34. The molecule has 0 aliphatic heterocycles. The van der Waals surface area contributed by atoms with Crippen LogP contribution in [-0.2, 0) is 27.1 Å². The van der Waals surface area contributed by atoms with Crippen molar-refractivity contribution >= 4 is 17.6 Å². The number of carbonyl (C=O) groups is 2. The highest BCUT2D eigenvalue weighted by molar-refractivity contribution is 5.91. The van der Waals surface area contributed by atoms with Crippen LogP contribution in [0.4, 0.5) is 0 Å². The number of carbonyl (C=O) groups excluding carboxylic acids is 2. The molecule has 0 amide bonds. The summed E-state index contributed by atoms with van der Waals surface area (Å²) in [7, 11) is 1.60. The first-order valence-corrected chi connectivity index (χ1v) is 9.78. The van der Waals surface area contributed by atoms with Crippen LogP contribution in [0, 0.1) is 0 Å². The van der Waals surface area contributed by atoms with Crippen LogP contribution in [0.25, 0.3) is 16.8 Å². The number of aromatic nitrogens is 4. The monoisotopic (exact) mass is 412 g/mol. The van der Waals surface area contributed by atoms with E-state index in [0.717, 1.165) is 22.6 Å². The van der Waals surface area contributed by atoms with E-state index < -0.39 is 11.9 Å². The van der Waals surface area contributed by atoms with Crippen LogP contribution in [0.15, 0.2) is 24.3 Å². The zero-order chi connectivity index (χ0) is 21.7. The minimum atomic E-state index is -0.661. The Labute approximate surface area is 174 Å². The molecule has 0 radical (unpaired) electrons. The summed E-state index contributed by atoms with van der Waals surface area (Å²) in [6.45, 7) is 5.79. The number of fused-ring (bicyclic) bond motifs is 1. The molecule has 2 heterocycles. The number of esters is 2. The summed E-state index contributed by atoms with van der Waals surface area (Å²) in [6, 6.07) is 7.50. The lowest BCUT2D eigenvalue weighted by molar-refractivity contribution is -0.142. The molecular formula is C21H24N4O5. The van der Waals surface area contributed by atoms with Gasteiger partial charge in [0.25, 0.3) is 0 Å². The SMILES string of the molecule is CCOC(=O)Cc1c(C(=O)OCC)nnc2c(-c3ccc(OC)cc3)c(CC)nn12. The third-order valence-electron chi connectivity index (χ3n) is 4.51. The summed E-state index contributed by atoms with van der Waals surface area (Å²) in [4.78, 5) is 24.6. The average molecular weight is 412 g/mol. The van der Waals surface area contributed by atoms with Crippen LogP contribution in [0.5, 0.6) is 5.75 Å². The van der Waals surface area contributed by atoms with E-state index in [-0.39, 0.29) is 31.0 Å². The Hall–Kier alpha value is -3.49. The van der Waals surface area contributed by atoms with Crippen molar-refractivity contribution in [2.24, 2.45) is 0 Å². The van der Waals surface area contributed by atoms with Crippen LogP contribution in [0.3, 0.4) is 0 Å². The van der Waals surface area contributed by atoms with E-state index in [1.165, 1.54) is 4.52 Å². The van der Waals surface area contributed by atoms with Gasteiger partial charge in [-0.15, -0.1) is 10.2 Å². The van der Waals surface area contributed by atoms with Crippen LogP contribution >= 0.6 is 0 Å². The number of ether oxygens (including phenoxy) is 3. The van der Waals surface area contributed by atoms with Crippen LogP contribution in [0.1, 0.15) is 42.6 Å². The van der Waals surface area contributed by atoms with E-state index >= 15 is 0 Å². The maximum atomic E-state index is 12.4. The Morgan fingerprint density at radius 1 is 1.00 bits per heavy atom. The Kier molecular flexibility index (Phi) is 6.61. The van der Waals surface area contributed by atoms with Gasteiger partial charge in [0.05, 0.1) is 43.7 Å². The van der Waals surface area contributed by atoms with Gasteiger partial charge in [0.15, 0.2) is 11.3 Å². The molecule has 2 aromatic heterocycles. The van der Waals surface area contributed by atoms with Gasteiger partial charge >= 0.3 is 11.9 Å². The molecule has 30 heavy (non-hydrogen) atoms. The minimum absolute atomic E-state index is 0.0520. The molecule has 3 rings (SSSR count). The van der Waals surface area contributed by atoms with Gasteiger partial charge in [-0.2, -0.15) is 5.10 Å². The molecule has 3 aromatic rings. The van der Waals surface area contributed by atoms with Gasteiger partial charge in [-0.25, -0.2) is 9.31 Å². The van der Waals surface area contributed by atoms with Gasteiger partial charge in [0.2, 0.25) is 0 Å². The number of hydrogen-bond acceptors (Lipinski definition) is 8. The van der Waals surface area contributed by atoms with Crippen molar-refractivity contribution in [2.45, 2.75) is 33.6 Å². The summed E-state index contributed by atoms with van der Waals surface area (Å²) >= 11 is 0. The molecule has 0 aliphatic rings. The maximum Gasteiger partial charge on any atom is 0.360 e. The topological polar surface area (TPSA) is 105 Å². The fraction of sp³-hybridized carbons (Fsp3) is 0.381. The molecule has 0 aliphatic carbocycles. The largest absolute Gasteiger partial charge is 0.497 e. The fourth-order valence-corrected chi connectivity index (χ4v) is 3.16. The Bertz CT molecular complexity index is 1060. The van der Waals surface area contributed by atoms with E-state index in [2.05, 4.69) is 15.3 Å². The van der Waals surface area contributed by atoms with Crippen LogP contribution in [-0.4, -0.2) is 52.1 Å². The first kappa shape index (κ1) is 21.2. The second kappa shape index (κ2) is 9.34. The molecule has 0 spiro atoms. The van der Waals surface area contributed by atoms with E-state index in [0.29, 0.717) is 12.1 Å². The third kappa shape index (κ3) is 4.10. The first-order valence-electron chi connectivity index (χ1n) is 9.78. The van der Waals surface area contributed by atoms with Gasteiger partial charge in [-0.1, -0.05) is 19.1 Å². The molecule has 9 nitrogen and oxygen atoms in total. The molecule has 158 valence electrons. The number of rotatable bonds is 8. The third-order valence-corrected chi connectivity index (χ3v) is 4.51. The van der Waals surface area contributed by atoms with Gasteiger partial charge in [-0.3, -0.25) is 4.79 Å². The summed E-state index contributed by atoms with van der Waals surface area (Å²) in [5, 5.41) is 13.0. The van der Waals surface area contributed by atoms with Crippen molar-refractivity contribution in [3.63, 3.8) is 0 Å². The Morgan fingerprint density at radius 2 is 1.70 bits per heavy atom.